The van der Waals surface area contributed by atoms with E-state index in [0.29, 0.717) is 0 Å². The molecule has 3 amide bonds. The van der Waals surface area contributed by atoms with Gasteiger partial charge in [-0.05, 0) is 12.0 Å². The van der Waals surface area contributed by atoms with Gasteiger partial charge in [0.1, 0.15) is 12.6 Å². The summed E-state index contributed by atoms with van der Waals surface area (Å²) in [6.07, 6.45) is 0.287. The topological polar surface area (TPSA) is 75.7 Å². The number of alkyl halides is 1. The number of ether oxygens (including phenoxy) is 1. The van der Waals surface area contributed by atoms with Crippen molar-refractivity contribution in [3.63, 3.8) is 0 Å². The molecule has 1 aliphatic rings. The Bertz CT molecular complexity index is 550. The number of hydrogen-bond donors (Lipinski definition) is 1. The third-order valence-electron chi connectivity index (χ3n) is 3.29. The average Bonchev–Trinajstić information content (AvgIpc) is 2.80. The molecular formula is C15H17ClN2O4. The van der Waals surface area contributed by atoms with Gasteiger partial charge in [0.15, 0.2) is 0 Å². The van der Waals surface area contributed by atoms with Crippen LogP contribution in [-0.4, -0.2) is 41.3 Å². The lowest BCUT2D eigenvalue weighted by molar-refractivity contribution is -0.145. The molecule has 0 bridgehead atoms. The van der Waals surface area contributed by atoms with Gasteiger partial charge in [0.2, 0.25) is 0 Å². The minimum atomic E-state index is -0.681. The van der Waals surface area contributed by atoms with E-state index < -0.39 is 18.0 Å². The Balaban J connectivity index is 1.75. The van der Waals surface area contributed by atoms with Crippen LogP contribution in [0.4, 0.5) is 4.79 Å². The van der Waals surface area contributed by atoms with Crippen molar-refractivity contribution in [3.8, 4) is 0 Å². The maximum atomic E-state index is 11.9. The van der Waals surface area contributed by atoms with Gasteiger partial charge in [-0.2, -0.15) is 0 Å². The molecule has 1 saturated heterocycles. The van der Waals surface area contributed by atoms with Crippen LogP contribution in [0.3, 0.4) is 0 Å². The highest BCUT2D eigenvalue weighted by atomic mass is 35.5. The quantitative estimate of drug-likeness (QED) is 0.470. The average molecular weight is 325 g/mol. The van der Waals surface area contributed by atoms with Crippen LogP contribution in [0.2, 0.25) is 0 Å². The summed E-state index contributed by atoms with van der Waals surface area (Å²) >= 11 is 5.54. The molecular weight excluding hydrogens is 308 g/mol. The second-order valence-corrected chi connectivity index (χ2v) is 5.24. The standard InChI is InChI=1S/C15H17ClN2O4/c16-8-9-18-14(20)12(17-15(18)21)6-7-13(19)22-10-11-4-2-1-3-5-11/h1-5,12H,6-10H2,(H,17,21). The second kappa shape index (κ2) is 7.79. The zero-order chi connectivity index (χ0) is 15.9. The van der Waals surface area contributed by atoms with Crippen LogP contribution in [0.15, 0.2) is 30.3 Å². The number of benzene rings is 1. The van der Waals surface area contributed by atoms with E-state index in [1.807, 2.05) is 30.3 Å². The Hall–Kier alpha value is -2.08. The Morgan fingerprint density at radius 3 is 2.68 bits per heavy atom. The zero-order valence-corrected chi connectivity index (χ0v) is 12.7. The molecule has 22 heavy (non-hydrogen) atoms. The van der Waals surface area contributed by atoms with E-state index in [2.05, 4.69) is 5.32 Å². The van der Waals surface area contributed by atoms with Gasteiger partial charge in [0.05, 0.1) is 0 Å². The smallest absolute Gasteiger partial charge is 0.324 e. The number of rotatable bonds is 7. The number of amides is 3. The molecule has 1 heterocycles. The molecule has 0 saturated carbocycles. The van der Waals surface area contributed by atoms with Crippen LogP contribution in [0, 0.1) is 0 Å². The summed E-state index contributed by atoms with van der Waals surface area (Å²) in [5.41, 5.74) is 0.898. The fraction of sp³-hybridized carbons (Fsp3) is 0.400. The van der Waals surface area contributed by atoms with Crippen LogP contribution < -0.4 is 5.32 Å². The fourth-order valence-corrected chi connectivity index (χ4v) is 2.31. The number of hydrogen-bond acceptors (Lipinski definition) is 4. The molecule has 0 aromatic heterocycles. The summed E-state index contributed by atoms with van der Waals surface area (Å²) in [4.78, 5) is 36.2. The summed E-state index contributed by atoms with van der Waals surface area (Å²) < 4.78 is 5.13. The molecule has 1 atom stereocenters. The first-order valence-corrected chi connectivity index (χ1v) is 7.52. The second-order valence-electron chi connectivity index (χ2n) is 4.87. The molecule has 0 aliphatic carbocycles. The Kier molecular flexibility index (Phi) is 5.77. The number of carbonyl (C=O) groups is 3. The van der Waals surface area contributed by atoms with Gasteiger partial charge in [-0.15, -0.1) is 11.6 Å². The van der Waals surface area contributed by atoms with Crippen LogP contribution in [0.5, 0.6) is 0 Å². The lowest BCUT2D eigenvalue weighted by Gasteiger charge is -2.10. The van der Waals surface area contributed by atoms with Crippen molar-refractivity contribution < 1.29 is 19.1 Å². The van der Waals surface area contributed by atoms with E-state index in [1.165, 1.54) is 0 Å². The summed E-state index contributed by atoms with van der Waals surface area (Å²) in [5, 5.41) is 2.54. The van der Waals surface area contributed by atoms with Gasteiger partial charge >= 0.3 is 12.0 Å². The molecule has 1 fully saturated rings. The third kappa shape index (κ3) is 4.21. The number of halogens is 1. The van der Waals surface area contributed by atoms with Crippen molar-refractivity contribution in [2.24, 2.45) is 0 Å². The van der Waals surface area contributed by atoms with Gasteiger partial charge < -0.3 is 10.1 Å². The summed E-state index contributed by atoms with van der Waals surface area (Å²) in [5.74, 6) is -0.562. The first kappa shape index (κ1) is 16.3. The zero-order valence-electron chi connectivity index (χ0n) is 12.0. The maximum absolute atomic E-state index is 11.9. The summed E-state index contributed by atoms with van der Waals surface area (Å²) in [6, 6.07) is 8.18. The normalized spacial score (nSPS) is 17.5. The SMILES string of the molecule is O=C(CCC1NC(=O)N(CCCl)C1=O)OCc1ccccc1. The molecule has 1 aromatic carbocycles. The van der Waals surface area contributed by atoms with E-state index in [0.717, 1.165) is 10.5 Å². The Labute approximate surface area is 133 Å². The van der Waals surface area contributed by atoms with Crippen molar-refractivity contribution in [2.45, 2.75) is 25.5 Å². The first-order chi connectivity index (χ1) is 10.6. The largest absolute Gasteiger partial charge is 0.461 e. The van der Waals surface area contributed by atoms with E-state index in [4.69, 9.17) is 16.3 Å². The number of imide groups is 1. The van der Waals surface area contributed by atoms with Crippen molar-refractivity contribution in [1.82, 2.24) is 10.2 Å². The number of nitrogens with one attached hydrogen (secondary N) is 1. The molecule has 1 unspecified atom stereocenters. The van der Waals surface area contributed by atoms with Crippen molar-refractivity contribution in [1.29, 1.82) is 0 Å². The minimum Gasteiger partial charge on any atom is -0.461 e. The molecule has 0 radical (unpaired) electrons. The molecule has 0 spiro atoms. The highest BCUT2D eigenvalue weighted by molar-refractivity contribution is 6.18. The van der Waals surface area contributed by atoms with E-state index in [1.54, 1.807) is 0 Å². The van der Waals surface area contributed by atoms with Gasteiger partial charge in [-0.25, -0.2) is 4.79 Å². The van der Waals surface area contributed by atoms with Crippen LogP contribution in [0.1, 0.15) is 18.4 Å². The number of esters is 1. The Morgan fingerprint density at radius 1 is 1.27 bits per heavy atom. The molecule has 1 N–H and O–H groups in total. The van der Waals surface area contributed by atoms with Gasteiger partial charge in [0.25, 0.3) is 5.91 Å². The van der Waals surface area contributed by atoms with E-state index in [9.17, 15) is 14.4 Å². The predicted octanol–water partition coefficient (Wildman–Crippen LogP) is 1.67. The van der Waals surface area contributed by atoms with Gasteiger partial charge in [-0.1, -0.05) is 30.3 Å². The summed E-state index contributed by atoms with van der Waals surface area (Å²) in [7, 11) is 0. The highest BCUT2D eigenvalue weighted by Gasteiger charge is 2.37. The third-order valence-corrected chi connectivity index (χ3v) is 3.46. The first-order valence-electron chi connectivity index (χ1n) is 6.99. The number of urea groups is 1. The van der Waals surface area contributed by atoms with Crippen LogP contribution in [0.25, 0.3) is 0 Å². The summed E-state index contributed by atoms with van der Waals surface area (Å²) in [6.45, 7) is 0.365. The lowest BCUT2D eigenvalue weighted by Crippen LogP contribution is -2.33. The molecule has 118 valence electrons. The number of carbonyl (C=O) groups excluding carboxylic acids is 3. The monoisotopic (exact) mass is 324 g/mol. The Morgan fingerprint density at radius 2 is 2.00 bits per heavy atom. The molecule has 7 heteroatoms. The van der Waals surface area contributed by atoms with Crippen LogP contribution in [-0.2, 0) is 20.9 Å². The predicted molar refractivity (Wildman–Crippen MR) is 80.2 cm³/mol. The van der Waals surface area contributed by atoms with Crippen molar-refractivity contribution >= 4 is 29.5 Å². The lowest BCUT2D eigenvalue weighted by atomic mass is 10.1. The van der Waals surface area contributed by atoms with Crippen LogP contribution >= 0.6 is 11.6 Å². The molecule has 1 aromatic rings. The molecule has 6 nitrogen and oxygen atoms in total. The fourth-order valence-electron chi connectivity index (χ4n) is 2.14. The molecule has 1 aliphatic heterocycles. The molecule has 2 rings (SSSR count). The van der Waals surface area contributed by atoms with Gasteiger partial charge in [-0.3, -0.25) is 14.5 Å². The van der Waals surface area contributed by atoms with Crippen molar-refractivity contribution in [2.75, 3.05) is 12.4 Å². The van der Waals surface area contributed by atoms with E-state index >= 15 is 0 Å². The van der Waals surface area contributed by atoms with Gasteiger partial charge in [0, 0.05) is 18.8 Å². The number of nitrogens with zero attached hydrogens (tertiary/aromatic N) is 1. The minimum absolute atomic E-state index is 0.0677. The maximum Gasteiger partial charge on any atom is 0.324 e. The van der Waals surface area contributed by atoms with Crippen molar-refractivity contribution in [3.05, 3.63) is 35.9 Å². The van der Waals surface area contributed by atoms with E-state index in [-0.39, 0.29) is 37.8 Å². The highest BCUT2D eigenvalue weighted by Crippen LogP contribution is 2.12.